The van der Waals surface area contributed by atoms with Crippen molar-refractivity contribution in [1.82, 2.24) is 24.8 Å². The Morgan fingerprint density at radius 3 is 2.73 bits per heavy atom. The largest absolute Gasteiger partial charge is 0.486 e. The van der Waals surface area contributed by atoms with Crippen LogP contribution in [0.5, 0.6) is 5.75 Å². The van der Waals surface area contributed by atoms with E-state index in [1.165, 1.54) is 17.3 Å². The summed E-state index contributed by atoms with van der Waals surface area (Å²) >= 11 is 1.39. The van der Waals surface area contributed by atoms with Crippen molar-refractivity contribution in [3.8, 4) is 5.75 Å². The first-order valence-electron chi connectivity index (χ1n) is 15.3. The third-order valence-electron chi connectivity index (χ3n) is 10.2. The van der Waals surface area contributed by atoms with Gasteiger partial charge in [-0.3, -0.25) is 9.88 Å². The zero-order valence-corrected chi connectivity index (χ0v) is 25.5. The SMILES string of the molecule is COC1(CN2CC3COc4c(Sc5cnc(N6CCC7(CC6)Cc6ncccc6[C@H]7N)c(CO)n5)ccnc4N3C2=O)CC1. The molecule has 0 aromatic carbocycles. The van der Waals surface area contributed by atoms with Gasteiger partial charge in [0.25, 0.3) is 0 Å². The zero-order valence-electron chi connectivity index (χ0n) is 24.7. The number of ether oxygens (including phenoxy) is 2. The van der Waals surface area contributed by atoms with Crippen molar-refractivity contribution in [1.29, 1.82) is 0 Å². The van der Waals surface area contributed by atoms with Crippen LogP contribution in [-0.2, 0) is 17.8 Å². The number of aliphatic hydroxyl groups is 1. The molecule has 1 unspecified atom stereocenters. The highest BCUT2D eigenvalue weighted by atomic mass is 32.2. The van der Waals surface area contributed by atoms with Crippen LogP contribution in [-0.4, -0.2) is 87.5 Å². The molecule has 0 bridgehead atoms. The lowest BCUT2D eigenvalue weighted by Crippen LogP contribution is -2.45. The topological polar surface area (TPSA) is 143 Å². The number of pyridine rings is 2. The normalized spacial score (nSPS) is 24.2. The number of amides is 2. The highest BCUT2D eigenvalue weighted by Crippen LogP contribution is 2.51. The molecule has 3 aliphatic heterocycles. The second kappa shape index (κ2) is 10.5. The number of nitrogens with zero attached hydrogens (tertiary/aromatic N) is 7. The summed E-state index contributed by atoms with van der Waals surface area (Å²) in [5.41, 5.74) is 9.35. The lowest BCUT2D eigenvalue weighted by molar-refractivity contribution is 0.0564. The van der Waals surface area contributed by atoms with Crippen LogP contribution in [0.1, 0.15) is 48.7 Å². The van der Waals surface area contributed by atoms with Crippen LogP contribution >= 0.6 is 11.8 Å². The molecule has 44 heavy (non-hydrogen) atoms. The molecule has 3 fully saturated rings. The summed E-state index contributed by atoms with van der Waals surface area (Å²) in [6.45, 7) is 2.91. The van der Waals surface area contributed by atoms with E-state index in [4.69, 9.17) is 25.2 Å². The molecule has 8 rings (SSSR count). The number of carbonyl (C=O) groups is 1. The average molecular weight is 617 g/mol. The molecule has 2 aliphatic carbocycles. The maximum absolute atomic E-state index is 13.5. The van der Waals surface area contributed by atoms with Gasteiger partial charge in [-0.25, -0.2) is 19.7 Å². The van der Waals surface area contributed by atoms with Crippen molar-refractivity contribution in [2.45, 2.75) is 66.3 Å². The van der Waals surface area contributed by atoms with E-state index in [0.717, 1.165) is 55.8 Å². The number of fused-ring (bicyclic) bond motifs is 4. The van der Waals surface area contributed by atoms with Crippen LogP contribution in [0.2, 0.25) is 0 Å². The number of hydrogen-bond donors (Lipinski definition) is 2. The molecule has 2 amide bonds. The van der Waals surface area contributed by atoms with Gasteiger partial charge in [0.15, 0.2) is 17.4 Å². The van der Waals surface area contributed by atoms with Crippen LogP contribution in [0, 0.1) is 5.41 Å². The Kier molecular flexibility index (Phi) is 6.70. The zero-order chi connectivity index (χ0) is 30.1. The van der Waals surface area contributed by atoms with Crippen molar-refractivity contribution < 1.29 is 19.4 Å². The van der Waals surface area contributed by atoms with Crippen LogP contribution in [0.25, 0.3) is 0 Å². The van der Waals surface area contributed by atoms with Gasteiger partial charge >= 0.3 is 6.03 Å². The minimum Gasteiger partial charge on any atom is -0.486 e. The Labute approximate surface area is 260 Å². The molecule has 3 aromatic heterocycles. The maximum atomic E-state index is 13.5. The van der Waals surface area contributed by atoms with Gasteiger partial charge in [-0.15, -0.1) is 0 Å². The van der Waals surface area contributed by atoms with Crippen molar-refractivity contribution >= 4 is 29.4 Å². The number of anilines is 2. The van der Waals surface area contributed by atoms with Crippen LogP contribution < -0.4 is 20.3 Å². The number of aliphatic hydroxyl groups excluding tert-OH is 1. The molecular formula is C31H36N8O4S. The van der Waals surface area contributed by atoms with Gasteiger partial charge in [-0.2, -0.15) is 0 Å². The fourth-order valence-corrected chi connectivity index (χ4v) is 8.25. The summed E-state index contributed by atoms with van der Waals surface area (Å²) in [7, 11) is 1.72. The fourth-order valence-electron chi connectivity index (χ4n) is 7.39. The molecular weight excluding hydrogens is 580 g/mol. The van der Waals surface area contributed by atoms with E-state index >= 15 is 0 Å². The minimum absolute atomic E-state index is 0.00603. The van der Waals surface area contributed by atoms with Gasteiger partial charge in [0.1, 0.15) is 17.3 Å². The average Bonchev–Trinajstić information content (AvgIpc) is 3.69. The first-order valence-corrected chi connectivity index (χ1v) is 16.1. The molecule has 13 heteroatoms. The van der Waals surface area contributed by atoms with Crippen molar-refractivity contribution in [3.63, 3.8) is 0 Å². The van der Waals surface area contributed by atoms with Crippen LogP contribution in [0.4, 0.5) is 16.4 Å². The first kappa shape index (κ1) is 28.0. The van der Waals surface area contributed by atoms with E-state index in [1.807, 2.05) is 23.2 Å². The molecule has 2 atom stereocenters. The third-order valence-corrected chi connectivity index (χ3v) is 11.1. The second-order valence-electron chi connectivity index (χ2n) is 12.6. The second-order valence-corrected chi connectivity index (χ2v) is 13.7. The Morgan fingerprint density at radius 2 is 1.98 bits per heavy atom. The van der Waals surface area contributed by atoms with E-state index in [9.17, 15) is 9.90 Å². The number of rotatable bonds is 7. The number of nitrogens with two attached hydrogens (primary N) is 1. The Balaban J connectivity index is 0.980. The predicted octanol–water partition coefficient (Wildman–Crippen LogP) is 2.93. The van der Waals surface area contributed by atoms with Gasteiger partial charge in [-0.1, -0.05) is 17.8 Å². The molecule has 0 radical (unpaired) electrons. The number of carbonyl (C=O) groups excluding carboxylic acids is 1. The minimum atomic E-state index is -0.221. The Morgan fingerprint density at radius 1 is 1.14 bits per heavy atom. The summed E-state index contributed by atoms with van der Waals surface area (Å²) in [6.07, 6.45) is 9.98. The van der Waals surface area contributed by atoms with Gasteiger partial charge in [0.2, 0.25) is 0 Å². The molecule has 3 N–H and O–H groups in total. The predicted molar refractivity (Wildman–Crippen MR) is 163 cm³/mol. The Bertz CT molecular complexity index is 1610. The Hall–Kier alpha value is -3.52. The number of urea groups is 1. The molecule has 12 nitrogen and oxygen atoms in total. The number of piperidine rings is 1. The summed E-state index contributed by atoms with van der Waals surface area (Å²) in [5.74, 6) is 1.80. The number of aromatic nitrogens is 4. The van der Waals surface area contributed by atoms with Crippen LogP contribution in [0.3, 0.4) is 0 Å². The van der Waals surface area contributed by atoms with E-state index in [2.05, 4.69) is 20.9 Å². The molecule has 6 heterocycles. The van der Waals surface area contributed by atoms with Crippen molar-refractivity contribution in [2.24, 2.45) is 11.1 Å². The highest BCUT2D eigenvalue weighted by molar-refractivity contribution is 7.99. The van der Waals surface area contributed by atoms with Gasteiger partial charge in [0, 0.05) is 50.9 Å². The highest BCUT2D eigenvalue weighted by Gasteiger charge is 2.51. The quantitative estimate of drug-likeness (QED) is 0.405. The third kappa shape index (κ3) is 4.51. The number of hydrogen-bond acceptors (Lipinski definition) is 11. The lowest BCUT2D eigenvalue weighted by atomic mass is 9.73. The van der Waals surface area contributed by atoms with E-state index in [-0.39, 0.29) is 35.7 Å². The maximum Gasteiger partial charge on any atom is 0.326 e. The smallest absolute Gasteiger partial charge is 0.326 e. The summed E-state index contributed by atoms with van der Waals surface area (Å²) < 4.78 is 11.9. The molecule has 230 valence electrons. The summed E-state index contributed by atoms with van der Waals surface area (Å²) in [5, 5.41) is 10.9. The molecule has 3 aromatic rings. The molecule has 1 saturated carbocycles. The van der Waals surface area contributed by atoms with E-state index in [1.54, 1.807) is 24.4 Å². The van der Waals surface area contributed by atoms with Gasteiger partial charge in [-0.05, 0) is 55.2 Å². The van der Waals surface area contributed by atoms with E-state index < -0.39 is 0 Å². The van der Waals surface area contributed by atoms with Crippen LogP contribution in [0.15, 0.2) is 46.7 Å². The first-order chi connectivity index (χ1) is 21.4. The summed E-state index contributed by atoms with van der Waals surface area (Å²) in [6, 6.07) is 5.76. The van der Waals surface area contributed by atoms with Crippen molar-refractivity contribution in [2.75, 3.05) is 49.7 Å². The van der Waals surface area contributed by atoms with E-state index in [0.29, 0.717) is 47.8 Å². The van der Waals surface area contributed by atoms with Crippen molar-refractivity contribution in [3.05, 3.63) is 53.7 Å². The monoisotopic (exact) mass is 616 g/mol. The molecule has 1 spiro atoms. The number of methoxy groups -OCH3 is 1. The molecule has 2 saturated heterocycles. The van der Waals surface area contributed by atoms with Gasteiger partial charge < -0.3 is 30.1 Å². The molecule has 5 aliphatic rings. The fraction of sp³-hybridized carbons (Fsp3) is 0.516. The summed E-state index contributed by atoms with van der Waals surface area (Å²) in [4.78, 5) is 38.8. The van der Waals surface area contributed by atoms with Gasteiger partial charge in [0.05, 0.1) is 35.9 Å². The standard InChI is InChI=1S/C31H36N8O4S/c1-42-31(5-6-31)18-38-15-19-17-43-25-23(4-10-34-28(25)39(19)29(38)41)44-24-14-35-27(22(16-40)36-24)37-11-7-30(8-12-37)13-21-20(26(30)32)3-2-9-33-21/h2-4,9-10,14,19,26,40H,5-8,11-13,15-18,32H2,1H3/t19?,26-/m1/s1. The lowest BCUT2D eigenvalue weighted by Gasteiger charge is -2.42.